The molecule has 0 aromatic carbocycles. The lowest BCUT2D eigenvalue weighted by atomic mass is 9.82. The van der Waals surface area contributed by atoms with Crippen molar-refractivity contribution in [1.82, 2.24) is 10.2 Å². The van der Waals surface area contributed by atoms with Crippen LogP contribution in [0.5, 0.6) is 0 Å². The van der Waals surface area contributed by atoms with Crippen LogP contribution in [0.3, 0.4) is 0 Å². The van der Waals surface area contributed by atoms with E-state index < -0.39 is 0 Å². The molecule has 16 heavy (non-hydrogen) atoms. The first-order chi connectivity index (χ1) is 7.59. The highest BCUT2D eigenvalue weighted by molar-refractivity contribution is 4.91. The zero-order chi connectivity index (χ0) is 11.6. The summed E-state index contributed by atoms with van der Waals surface area (Å²) in [5, 5.41) is 3.57. The summed E-state index contributed by atoms with van der Waals surface area (Å²) in [6.07, 6.45) is 5.64. The molecule has 2 nitrogen and oxygen atoms in total. The fraction of sp³-hybridized carbons (Fsp3) is 1.00. The van der Waals surface area contributed by atoms with Gasteiger partial charge in [0.2, 0.25) is 0 Å². The van der Waals surface area contributed by atoms with Gasteiger partial charge in [-0.2, -0.15) is 0 Å². The smallest absolute Gasteiger partial charge is 0.00967 e. The van der Waals surface area contributed by atoms with E-state index in [1.54, 1.807) is 0 Å². The second kappa shape index (κ2) is 5.05. The average Bonchev–Trinajstić information content (AvgIpc) is 2.99. The van der Waals surface area contributed by atoms with Gasteiger partial charge >= 0.3 is 0 Å². The third-order valence-electron chi connectivity index (χ3n) is 3.93. The van der Waals surface area contributed by atoms with E-state index in [1.807, 2.05) is 0 Å². The van der Waals surface area contributed by atoms with Crippen molar-refractivity contribution in [2.45, 2.75) is 52.5 Å². The standard InChI is InChI=1S/C14H28N2/c1-12(2)9-16(13-5-6-13)11-14(3)7-4-8-15-10-14/h12-13,15H,4-11H2,1-3H3. The van der Waals surface area contributed by atoms with Crippen LogP contribution >= 0.6 is 0 Å². The molecule has 94 valence electrons. The molecule has 0 radical (unpaired) electrons. The third-order valence-corrected chi connectivity index (χ3v) is 3.93. The Hall–Kier alpha value is -0.0800. The molecule has 1 saturated carbocycles. The van der Waals surface area contributed by atoms with Crippen molar-refractivity contribution in [2.24, 2.45) is 11.3 Å². The molecule has 1 unspecified atom stereocenters. The number of rotatable bonds is 5. The van der Waals surface area contributed by atoms with Gasteiger partial charge in [0.15, 0.2) is 0 Å². The fourth-order valence-electron chi connectivity index (χ4n) is 3.00. The van der Waals surface area contributed by atoms with Gasteiger partial charge in [-0.1, -0.05) is 20.8 Å². The SMILES string of the molecule is CC(C)CN(CC1(C)CCCNC1)C1CC1. The largest absolute Gasteiger partial charge is 0.316 e. The molecule has 1 N–H and O–H groups in total. The highest BCUT2D eigenvalue weighted by Gasteiger charge is 2.35. The van der Waals surface area contributed by atoms with Crippen LogP contribution in [-0.2, 0) is 0 Å². The number of hydrogen-bond donors (Lipinski definition) is 1. The average molecular weight is 224 g/mol. The topological polar surface area (TPSA) is 15.3 Å². The lowest BCUT2D eigenvalue weighted by Crippen LogP contribution is -2.47. The normalized spacial score (nSPS) is 31.3. The van der Waals surface area contributed by atoms with E-state index in [4.69, 9.17) is 0 Å². The molecule has 1 heterocycles. The number of nitrogens with zero attached hydrogens (tertiary/aromatic N) is 1. The van der Waals surface area contributed by atoms with Crippen LogP contribution in [0.1, 0.15) is 46.5 Å². The Labute approximate surface area is 101 Å². The van der Waals surface area contributed by atoms with Gasteiger partial charge in [-0.25, -0.2) is 0 Å². The quantitative estimate of drug-likeness (QED) is 0.772. The Morgan fingerprint density at radius 3 is 2.62 bits per heavy atom. The van der Waals surface area contributed by atoms with Gasteiger partial charge in [-0.15, -0.1) is 0 Å². The van der Waals surface area contributed by atoms with Crippen molar-refractivity contribution in [3.05, 3.63) is 0 Å². The molecule has 0 aromatic heterocycles. The Morgan fingerprint density at radius 1 is 1.38 bits per heavy atom. The molecule has 0 amide bonds. The Balaban J connectivity index is 1.88. The summed E-state index contributed by atoms with van der Waals surface area (Å²) in [4.78, 5) is 2.76. The minimum absolute atomic E-state index is 0.524. The summed E-state index contributed by atoms with van der Waals surface area (Å²) >= 11 is 0. The second-order valence-electron chi connectivity index (χ2n) is 6.65. The van der Waals surface area contributed by atoms with Crippen LogP contribution in [0, 0.1) is 11.3 Å². The summed E-state index contributed by atoms with van der Waals surface area (Å²) in [6, 6.07) is 0.918. The summed E-state index contributed by atoms with van der Waals surface area (Å²) in [7, 11) is 0. The fourth-order valence-corrected chi connectivity index (χ4v) is 3.00. The summed E-state index contributed by atoms with van der Waals surface area (Å²) in [6.45, 7) is 12.2. The molecule has 1 aliphatic carbocycles. The minimum atomic E-state index is 0.524. The Morgan fingerprint density at radius 2 is 2.12 bits per heavy atom. The molecule has 2 fully saturated rings. The van der Waals surface area contributed by atoms with Crippen LogP contribution in [-0.4, -0.2) is 37.1 Å². The van der Waals surface area contributed by atoms with Crippen molar-refractivity contribution in [3.63, 3.8) is 0 Å². The molecule has 2 aliphatic rings. The molecule has 1 saturated heterocycles. The first-order valence-electron chi connectivity index (χ1n) is 7.04. The summed E-state index contributed by atoms with van der Waals surface area (Å²) in [5.41, 5.74) is 0.524. The van der Waals surface area contributed by atoms with Gasteiger partial charge in [0.05, 0.1) is 0 Å². The van der Waals surface area contributed by atoms with Gasteiger partial charge in [-0.05, 0) is 43.6 Å². The van der Waals surface area contributed by atoms with E-state index in [0.717, 1.165) is 12.0 Å². The Bertz CT molecular complexity index is 215. The molecule has 0 aromatic rings. The minimum Gasteiger partial charge on any atom is -0.316 e. The van der Waals surface area contributed by atoms with Crippen molar-refractivity contribution < 1.29 is 0 Å². The van der Waals surface area contributed by atoms with Crippen LogP contribution in [0.2, 0.25) is 0 Å². The highest BCUT2D eigenvalue weighted by atomic mass is 15.2. The van der Waals surface area contributed by atoms with E-state index in [9.17, 15) is 0 Å². The maximum Gasteiger partial charge on any atom is 0.00967 e. The van der Waals surface area contributed by atoms with E-state index in [-0.39, 0.29) is 0 Å². The van der Waals surface area contributed by atoms with Crippen molar-refractivity contribution in [2.75, 3.05) is 26.2 Å². The number of piperidine rings is 1. The van der Waals surface area contributed by atoms with Crippen molar-refractivity contribution >= 4 is 0 Å². The van der Waals surface area contributed by atoms with Crippen molar-refractivity contribution in [3.8, 4) is 0 Å². The predicted molar refractivity (Wildman–Crippen MR) is 69.6 cm³/mol. The lowest BCUT2D eigenvalue weighted by Gasteiger charge is -2.39. The zero-order valence-corrected chi connectivity index (χ0v) is 11.3. The number of hydrogen-bond acceptors (Lipinski definition) is 2. The highest BCUT2D eigenvalue weighted by Crippen LogP contribution is 2.33. The molecule has 2 rings (SSSR count). The molecular weight excluding hydrogens is 196 g/mol. The Kier molecular flexibility index (Phi) is 3.91. The predicted octanol–water partition coefficient (Wildman–Crippen LogP) is 2.50. The van der Waals surface area contributed by atoms with E-state index in [1.165, 1.54) is 51.9 Å². The van der Waals surface area contributed by atoms with Crippen LogP contribution in [0.15, 0.2) is 0 Å². The zero-order valence-electron chi connectivity index (χ0n) is 11.3. The van der Waals surface area contributed by atoms with Crippen LogP contribution in [0.4, 0.5) is 0 Å². The first kappa shape index (κ1) is 12.4. The van der Waals surface area contributed by atoms with E-state index >= 15 is 0 Å². The van der Waals surface area contributed by atoms with Crippen LogP contribution < -0.4 is 5.32 Å². The van der Waals surface area contributed by atoms with Crippen LogP contribution in [0.25, 0.3) is 0 Å². The van der Waals surface area contributed by atoms with Gasteiger partial charge in [0, 0.05) is 25.7 Å². The molecule has 0 bridgehead atoms. The van der Waals surface area contributed by atoms with E-state index in [0.29, 0.717) is 5.41 Å². The van der Waals surface area contributed by atoms with Gasteiger partial charge < -0.3 is 5.32 Å². The third kappa shape index (κ3) is 3.46. The molecular formula is C14H28N2. The molecule has 2 heteroatoms. The maximum absolute atomic E-state index is 3.57. The van der Waals surface area contributed by atoms with Gasteiger partial charge in [0.1, 0.15) is 0 Å². The second-order valence-corrected chi connectivity index (χ2v) is 6.65. The number of nitrogens with one attached hydrogen (secondary N) is 1. The summed E-state index contributed by atoms with van der Waals surface area (Å²) < 4.78 is 0. The first-order valence-corrected chi connectivity index (χ1v) is 7.04. The maximum atomic E-state index is 3.57. The van der Waals surface area contributed by atoms with Crippen molar-refractivity contribution in [1.29, 1.82) is 0 Å². The summed E-state index contributed by atoms with van der Waals surface area (Å²) in [5.74, 6) is 0.806. The lowest BCUT2D eigenvalue weighted by molar-refractivity contribution is 0.117. The van der Waals surface area contributed by atoms with Gasteiger partial charge in [-0.3, -0.25) is 4.90 Å². The molecule has 1 aliphatic heterocycles. The molecule has 0 spiro atoms. The van der Waals surface area contributed by atoms with Gasteiger partial charge in [0.25, 0.3) is 0 Å². The molecule has 1 atom stereocenters. The van der Waals surface area contributed by atoms with E-state index in [2.05, 4.69) is 31.0 Å². The monoisotopic (exact) mass is 224 g/mol.